The zero-order valence-corrected chi connectivity index (χ0v) is 17.8. The lowest BCUT2D eigenvalue weighted by Gasteiger charge is -2.31. The Hall–Kier alpha value is -2.52. The van der Waals surface area contributed by atoms with Crippen LogP contribution in [0, 0.1) is 5.92 Å². The van der Waals surface area contributed by atoms with E-state index >= 15 is 0 Å². The number of carbonyl (C=O) groups is 4. The van der Waals surface area contributed by atoms with Gasteiger partial charge in [0.25, 0.3) is 0 Å². The number of carbonyl (C=O) groups excluding carboxylic acids is 4. The number of cyclic esters (lactones) is 1. The zero-order chi connectivity index (χ0) is 22.5. The molecule has 9 heteroatoms. The fraction of sp³-hybridized carbons (Fsp3) is 0.619. The summed E-state index contributed by atoms with van der Waals surface area (Å²) in [6, 6.07) is 0. The van der Waals surface area contributed by atoms with Crippen molar-refractivity contribution in [1.82, 2.24) is 4.90 Å². The van der Waals surface area contributed by atoms with Crippen LogP contribution in [0.15, 0.2) is 23.3 Å². The number of nitrogens with zero attached hydrogens (tertiary/aromatic N) is 1. The summed E-state index contributed by atoms with van der Waals surface area (Å²) in [7, 11) is 1.86. The van der Waals surface area contributed by atoms with Crippen molar-refractivity contribution >= 4 is 23.7 Å². The molecular formula is C21H29NO8. The van der Waals surface area contributed by atoms with Crippen LogP contribution in [0.25, 0.3) is 0 Å². The van der Waals surface area contributed by atoms with Gasteiger partial charge in [-0.05, 0) is 32.4 Å². The fourth-order valence-corrected chi connectivity index (χ4v) is 3.11. The minimum Gasteiger partial charge on any atom is -0.462 e. The number of ketones is 1. The lowest BCUT2D eigenvalue weighted by molar-refractivity contribution is -0.169. The summed E-state index contributed by atoms with van der Waals surface area (Å²) in [5.74, 6) is -3.30. The topological polar surface area (TPSA) is 119 Å². The first kappa shape index (κ1) is 23.8. The molecule has 30 heavy (non-hydrogen) atoms. The summed E-state index contributed by atoms with van der Waals surface area (Å²) >= 11 is 0. The number of hydrogen-bond donors (Lipinski definition) is 1. The Labute approximate surface area is 175 Å². The predicted molar refractivity (Wildman–Crippen MR) is 105 cm³/mol. The number of esters is 3. The second-order valence-corrected chi connectivity index (χ2v) is 7.90. The molecule has 2 aliphatic rings. The molecule has 3 atom stereocenters. The molecular weight excluding hydrogens is 394 g/mol. The van der Waals surface area contributed by atoms with E-state index in [4.69, 9.17) is 14.2 Å². The molecule has 2 rings (SSSR count). The van der Waals surface area contributed by atoms with E-state index in [1.807, 2.05) is 11.9 Å². The maximum Gasteiger partial charge on any atom is 0.338 e. The van der Waals surface area contributed by atoms with Gasteiger partial charge in [0.1, 0.15) is 13.2 Å². The van der Waals surface area contributed by atoms with Crippen LogP contribution in [-0.4, -0.2) is 78.8 Å². The number of likely N-dealkylation sites (N-methyl/N-ethyl adjacent to an activating group) is 1. The van der Waals surface area contributed by atoms with Crippen LogP contribution in [0.5, 0.6) is 0 Å². The van der Waals surface area contributed by atoms with Crippen molar-refractivity contribution in [1.29, 1.82) is 0 Å². The van der Waals surface area contributed by atoms with Gasteiger partial charge in [-0.15, -0.1) is 0 Å². The number of hydrogen-bond acceptors (Lipinski definition) is 9. The molecule has 0 saturated carbocycles. The predicted octanol–water partition coefficient (Wildman–Crippen LogP) is 0.553. The van der Waals surface area contributed by atoms with E-state index in [1.54, 1.807) is 13.0 Å². The molecule has 0 unspecified atom stereocenters. The van der Waals surface area contributed by atoms with Gasteiger partial charge in [0, 0.05) is 37.6 Å². The van der Waals surface area contributed by atoms with E-state index in [0.717, 1.165) is 0 Å². The van der Waals surface area contributed by atoms with Gasteiger partial charge in [-0.25, -0.2) is 9.59 Å². The van der Waals surface area contributed by atoms with Gasteiger partial charge in [0.05, 0.1) is 0 Å². The van der Waals surface area contributed by atoms with Gasteiger partial charge < -0.3 is 24.2 Å². The number of Topliss-reactive ketones (excluding diaryl/α,β-unsaturated/α-hetero) is 1. The van der Waals surface area contributed by atoms with E-state index in [2.05, 4.69) is 0 Å². The van der Waals surface area contributed by atoms with Crippen LogP contribution < -0.4 is 0 Å². The second kappa shape index (κ2) is 9.99. The minimum atomic E-state index is -1.90. The number of ether oxygens (including phenoxy) is 3. The standard InChI is InChI=1S/C21H29NO8/c1-13-11-15(7-10-28-14(2)23)19(25)30-17-6-9-22(4)8-5-16(18(17)24)12-29-20(26)21(13,3)27/h5,7,13,17,27H,6,8-12H2,1-4H3/b15-7+,16-5-/t13-,17+,21+/m0/s1. The van der Waals surface area contributed by atoms with Gasteiger partial charge in [-0.3, -0.25) is 9.59 Å². The van der Waals surface area contributed by atoms with E-state index in [-0.39, 0.29) is 37.2 Å². The molecule has 0 amide bonds. The molecule has 2 bridgehead atoms. The smallest absolute Gasteiger partial charge is 0.338 e. The summed E-state index contributed by atoms with van der Waals surface area (Å²) in [5.41, 5.74) is -1.59. The molecule has 2 heterocycles. The zero-order valence-electron chi connectivity index (χ0n) is 17.8. The Bertz CT molecular complexity index is 767. The third-order valence-electron chi connectivity index (χ3n) is 5.42. The van der Waals surface area contributed by atoms with Crippen molar-refractivity contribution in [2.24, 2.45) is 5.92 Å². The quantitative estimate of drug-likeness (QED) is 0.386. The highest BCUT2D eigenvalue weighted by molar-refractivity contribution is 6.01. The lowest BCUT2D eigenvalue weighted by atomic mass is 9.85. The average molecular weight is 423 g/mol. The first-order valence-electron chi connectivity index (χ1n) is 9.87. The van der Waals surface area contributed by atoms with E-state index in [1.165, 1.54) is 19.9 Å². The van der Waals surface area contributed by atoms with Gasteiger partial charge in [-0.1, -0.05) is 13.0 Å². The van der Waals surface area contributed by atoms with Crippen LogP contribution in [-0.2, 0) is 33.4 Å². The monoisotopic (exact) mass is 423 g/mol. The molecule has 1 N–H and O–H groups in total. The molecule has 0 aromatic heterocycles. The highest BCUT2D eigenvalue weighted by atomic mass is 16.6. The number of fused-ring (bicyclic) bond motifs is 2. The Balaban J connectivity index is 2.42. The van der Waals surface area contributed by atoms with Gasteiger partial charge >= 0.3 is 17.9 Å². The van der Waals surface area contributed by atoms with Gasteiger partial charge in [0.15, 0.2) is 11.7 Å². The van der Waals surface area contributed by atoms with Crippen LogP contribution in [0.4, 0.5) is 0 Å². The number of aliphatic hydroxyl groups is 1. The average Bonchev–Trinajstić information content (AvgIpc) is 2.67. The van der Waals surface area contributed by atoms with Crippen molar-refractivity contribution < 1.29 is 38.5 Å². The summed E-state index contributed by atoms with van der Waals surface area (Å²) < 4.78 is 15.6. The van der Waals surface area contributed by atoms with Gasteiger partial charge in [-0.2, -0.15) is 0 Å². The molecule has 0 spiro atoms. The van der Waals surface area contributed by atoms with Crippen molar-refractivity contribution in [2.45, 2.75) is 45.3 Å². The van der Waals surface area contributed by atoms with E-state index < -0.39 is 41.3 Å². The van der Waals surface area contributed by atoms with Crippen LogP contribution in [0.3, 0.4) is 0 Å². The largest absolute Gasteiger partial charge is 0.462 e. The Morgan fingerprint density at radius 3 is 2.77 bits per heavy atom. The first-order chi connectivity index (χ1) is 14.0. The van der Waals surface area contributed by atoms with Crippen LogP contribution in [0.2, 0.25) is 0 Å². The highest BCUT2D eigenvalue weighted by Crippen LogP contribution is 2.28. The van der Waals surface area contributed by atoms with E-state index in [9.17, 15) is 24.3 Å². The molecule has 1 saturated heterocycles. The molecule has 0 aromatic rings. The van der Waals surface area contributed by atoms with Crippen molar-refractivity contribution in [3.8, 4) is 0 Å². The highest BCUT2D eigenvalue weighted by Gasteiger charge is 2.41. The van der Waals surface area contributed by atoms with Crippen molar-refractivity contribution in [2.75, 3.05) is 33.4 Å². The van der Waals surface area contributed by atoms with Crippen LogP contribution >= 0.6 is 0 Å². The number of rotatable bonds is 2. The molecule has 9 nitrogen and oxygen atoms in total. The van der Waals surface area contributed by atoms with Crippen molar-refractivity contribution in [3.05, 3.63) is 23.3 Å². The normalized spacial score (nSPS) is 32.5. The van der Waals surface area contributed by atoms with E-state index in [0.29, 0.717) is 13.1 Å². The maximum atomic E-state index is 12.9. The molecule has 1 fully saturated rings. The summed E-state index contributed by atoms with van der Waals surface area (Å²) in [6.07, 6.45) is 2.22. The molecule has 0 aromatic carbocycles. The minimum absolute atomic E-state index is 0.0360. The van der Waals surface area contributed by atoms with Gasteiger partial charge in [0.2, 0.25) is 5.78 Å². The third-order valence-corrected chi connectivity index (χ3v) is 5.42. The molecule has 0 radical (unpaired) electrons. The first-order valence-corrected chi connectivity index (χ1v) is 9.87. The summed E-state index contributed by atoms with van der Waals surface area (Å²) in [4.78, 5) is 51.3. The van der Waals surface area contributed by atoms with Crippen LogP contribution in [0.1, 0.15) is 33.6 Å². The fourth-order valence-electron chi connectivity index (χ4n) is 3.11. The summed E-state index contributed by atoms with van der Waals surface area (Å²) in [5, 5.41) is 10.7. The Morgan fingerprint density at radius 1 is 1.40 bits per heavy atom. The third kappa shape index (κ3) is 5.99. The maximum absolute atomic E-state index is 12.9. The second-order valence-electron chi connectivity index (χ2n) is 7.90. The SMILES string of the molecule is CC(=O)OC/C=C1\C[C@H](C)[C@@](C)(O)C(=O)OC/C2=C/CN(C)CC[C@@H](OC1=O)C2=O. The summed E-state index contributed by atoms with van der Waals surface area (Å²) in [6.45, 7) is 4.65. The Morgan fingerprint density at radius 2 is 2.10 bits per heavy atom. The van der Waals surface area contributed by atoms with Crippen molar-refractivity contribution in [3.63, 3.8) is 0 Å². The molecule has 2 aliphatic heterocycles. The molecule has 0 aliphatic carbocycles. The Kier molecular flexibility index (Phi) is 7.91. The molecule has 166 valence electrons. The lowest BCUT2D eigenvalue weighted by Crippen LogP contribution is -2.45.